The second kappa shape index (κ2) is 5.56. The lowest BCUT2D eigenvalue weighted by molar-refractivity contribution is -0.384. The zero-order valence-electron chi connectivity index (χ0n) is 9.45. The zero-order valence-corrected chi connectivity index (χ0v) is 9.45. The molecule has 18 heavy (non-hydrogen) atoms. The molecule has 0 amide bonds. The minimum Gasteiger partial charge on any atom is -0.484 e. The molecule has 0 unspecified atom stereocenters. The number of rotatable bonds is 5. The lowest BCUT2D eigenvalue weighted by Crippen LogP contribution is -2.19. The highest BCUT2D eigenvalue weighted by molar-refractivity contribution is 5.56. The number of halogens is 3. The van der Waals surface area contributed by atoms with Crippen molar-refractivity contribution in [3.8, 4) is 5.75 Å². The highest BCUT2D eigenvalue weighted by Gasteiger charge is 2.28. The van der Waals surface area contributed by atoms with Crippen LogP contribution in [0, 0.1) is 10.1 Å². The van der Waals surface area contributed by atoms with Gasteiger partial charge in [-0.05, 0) is 6.92 Å². The van der Waals surface area contributed by atoms with Crippen molar-refractivity contribution < 1.29 is 22.8 Å². The van der Waals surface area contributed by atoms with Crippen LogP contribution >= 0.6 is 0 Å². The number of nitrogens with zero attached hydrogens (tertiary/aromatic N) is 1. The summed E-state index contributed by atoms with van der Waals surface area (Å²) in [6.07, 6.45) is -4.48. The lowest BCUT2D eigenvalue weighted by atomic mass is 10.2. The number of ether oxygens (including phenoxy) is 1. The molecule has 0 atom stereocenters. The van der Waals surface area contributed by atoms with Gasteiger partial charge in [0.15, 0.2) is 6.61 Å². The van der Waals surface area contributed by atoms with Crippen molar-refractivity contribution in [2.75, 3.05) is 18.5 Å². The molecule has 0 bridgehead atoms. The second-order valence-electron chi connectivity index (χ2n) is 3.41. The third-order valence-electron chi connectivity index (χ3n) is 1.89. The van der Waals surface area contributed by atoms with Gasteiger partial charge in [0, 0.05) is 24.4 Å². The molecule has 1 aromatic carbocycles. The lowest BCUT2D eigenvalue weighted by Gasteiger charge is -2.10. The molecule has 8 heteroatoms. The van der Waals surface area contributed by atoms with Crippen molar-refractivity contribution in [1.29, 1.82) is 0 Å². The molecule has 0 aliphatic rings. The monoisotopic (exact) mass is 264 g/mol. The average molecular weight is 264 g/mol. The van der Waals surface area contributed by atoms with Crippen LogP contribution in [0.4, 0.5) is 24.5 Å². The van der Waals surface area contributed by atoms with Crippen LogP contribution in [0.15, 0.2) is 18.2 Å². The maximum atomic E-state index is 12.0. The molecule has 0 spiro atoms. The summed E-state index contributed by atoms with van der Waals surface area (Å²) in [5.41, 5.74) is 0.00880. The van der Waals surface area contributed by atoms with Crippen LogP contribution in [0.1, 0.15) is 6.92 Å². The van der Waals surface area contributed by atoms with E-state index in [0.717, 1.165) is 6.07 Å². The van der Waals surface area contributed by atoms with Gasteiger partial charge in [0.05, 0.1) is 11.0 Å². The Bertz CT molecular complexity index is 435. The van der Waals surface area contributed by atoms with E-state index in [1.807, 2.05) is 0 Å². The van der Waals surface area contributed by atoms with Gasteiger partial charge >= 0.3 is 6.18 Å². The molecule has 0 heterocycles. The number of benzene rings is 1. The number of non-ortho nitro benzene ring substituents is 1. The highest BCUT2D eigenvalue weighted by atomic mass is 19.4. The standard InChI is InChI=1S/C10H11F3N2O3/c1-2-14-7-3-8(15(16)17)5-9(4-7)18-6-10(11,12)13/h3-5,14H,2,6H2,1H3. The molecule has 0 aromatic heterocycles. The fourth-order valence-corrected chi connectivity index (χ4v) is 1.24. The average Bonchev–Trinajstić information content (AvgIpc) is 2.25. The molecule has 1 aromatic rings. The maximum Gasteiger partial charge on any atom is 0.422 e. The fourth-order valence-electron chi connectivity index (χ4n) is 1.24. The van der Waals surface area contributed by atoms with Gasteiger partial charge in [-0.2, -0.15) is 13.2 Å². The summed E-state index contributed by atoms with van der Waals surface area (Å²) in [6, 6.07) is 3.46. The topological polar surface area (TPSA) is 64.4 Å². The molecule has 0 radical (unpaired) electrons. The molecule has 1 rings (SSSR count). The Morgan fingerprint density at radius 1 is 1.39 bits per heavy atom. The van der Waals surface area contributed by atoms with E-state index in [9.17, 15) is 23.3 Å². The van der Waals surface area contributed by atoms with E-state index in [-0.39, 0.29) is 11.4 Å². The second-order valence-corrected chi connectivity index (χ2v) is 3.41. The summed E-state index contributed by atoms with van der Waals surface area (Å²) in [7, 11) is 0. The summed E-state index contributed by atoms with van der Waals surface area (Å²) >= 11 is 0. The first-order valence-corrected chi connectivity index (χ1v) is 5.04. The number of nitro groups is 1. The highest BCUT2D eigenvalue weighted by Crippen LogP contribution is 2.27. The number of anilines is 1. The van der Waals surface area contributed by atoms with E-state index >= 15 is 0 Å². The van der Waals surface area contributed by atoms with Crippen molar-refractivity contribution in [1.82, 2.24) is 0 Å². The number of nitrogens with one attached hydrogen (secondary N) is 1. The van der Waals surface area contributed by atoms with Gasteiger partial charge in [-0.25, -0.2) is 0 Å². The Balaban J connectivity index is 2.92. The first-order valence-electron chi connectivity index (χ1n) is 5.04. The predicted octanol–water partition coefficient (Wildman–Crippen LogP) is 2.97. The molecule has 0 saturated heterocycles. The van der Waals surface area contributed by atoms with Crippen molar-refractivity contribution >= 4 is 11.4 Å². The summed E-state index contributed by atoms with van der Waals surface area (Å²) in [5, 5.41) is 13.4. The number of hydrogen-bond acceptors (Lipinski definition) is 4. The van der Waals surface area contributed by atoms with E-state index < -0.39 is 17.7 Å². The van der Waals surface area contributed by atoms with Gasteiger partial charge in [-0.15, -0.1) is 0 Å². The molecule has 0 fully saturated rings. The van der Waals surface area contributed by atoms with Gasteiger partial charge in [0.2, 0.25) is 0 Å². The molecular formula is C10H11F3N2O3. The molecule has 1 N–H and O–H groups in total. The van der Waals surface area contributed by atoms with E-state index in [4.69, 9.17) is 0 Å². The zero-order chi connectivity index (χ0) is 13.8. The third-order valence-corrected chi connectivity index (χ3v) is 1.89. The summed E-state index contributed by atoms with van der Waals surface area (Å²) in [4.78, 5) is 9.92. The normalized spacial score (nSPS) is 11.1. The van der Waals surface area contributed by atoms with Crippen LogP contribution in [-0.2, 0) is 0 Å². The Morgan fingerprint density at radius 2 is 2.06 bits per heavy atom. The Labute approximate surface area is 101 Å². The molecular weight excluding hydrogens is 253 g/mol. The number of hydrogen-bond donors (Lipinski definition) is 1. The minimum absolute atomic E-state index is 0.197. The van der Waals surface area contributed by atoms with Crippen molar-refractivity contribution in [3.05, 3.63) is 28.3 Å². The van der Waals surface area contributed by atoms with Crippen LogP contribution in [0.5, 0.6) is 5.75 Å². The smallest absolute Gasteiger partial charge is 0.422 e. The number of alkyl halides is 3. The fraction of sp³-hybridized carbons (Fsp3) is 0.400. The van der Waals surface area contributed by atoms with Crippen molar-refractivity contribution in [2.45, 2.75) is 13.1 Å². The Kier molecular flexibility index (Phi) is 4.35. The van der Waals surface area contributed by atoms with Gasteiger partial charge in [-0.1, -0.05) is 0 Å². The SMILES string of the molecule is CCNc1cc(OCC(F)(F)F)cc([N+](=O)[O-])c1. The molecule has 100 valence electrons. The first kappa shape index (κ1) is 14.1. The Hall–Kier alpha value is -1.99. The number of nitro benzene ring substituents is 1. The van der Waals surface area contributed by atoms with E-state index in [1.54, 1.807) is 6.92 Å². The van der Waals surface area contributed by atoms with Crippen LogP contribution in [0.2, 0.25) is 0 Å². The van der Waals surface area contributed by atoms with Gasteiger partial charge in [0.1, 0.15) is 5.75 Å². The van der Waals surface area contributed by atoms with Crippen molar-refractivity contribution in [3.63, 3.8) is 0 Å². The molecule has 0 aliphatic carbocycles. The van der Waals surface area contributed by atoms with E-state index in [2.05, 4.69) is 10.1 Å². The molecule has 0 saturated carbocycles. The minimum atomic E-state index is -4.48. The largest absolute Gasteiger partial charge is 0.484 e. The summed E-state index contributed by atoms with van der Waals surface area (Å²) in [6.45, 7) is 0.759. The first-order chi connectivity index (χ1) is 8.31. The van der Waals surface area contributed by atoms with Crippen molar-refractivity contribution in [2.24, 2.45) is 0 Å². The Morgan fingerprint density at radius 3 is 2.56 bits per heavy atom. The van der Waals surface area contributed by atoms with Crippen LogP contribution in [-0.4, -0.2) is 24.3 Å². The van der Waals surface area contributed by atoms with Gasteiger partial charge in [0.25, 0.3) is 5.69 Å². The summed E-state index contributed by atoms with van der Waals surface area (Å²) < 4.78 is 40.4. The van der Waals surface area contributed by atoms with E-state index in [1.165, 1.54) is 12.1 Å². The maximum absolute atomic E-state index is 12.0. The van der Waals surface area contributed by atoms with E-state index in [0.29, 0.717) is 12.2 Å². The van der Waals surface area contributed by atoms with Crippen LogP contribution in [0.3, 0.4) is 0 Å². The molecule has 5 nitrogen and oxygen atoms in total. The van der Waals surface area contributed by atoms with Gasteiger partial charge < -0.3 is 10.1 Å². The van der Waals surface area contributed by atoms with Crippen LogP contribution < -0.4 is 10.1 Å². The third kappa shape index (κ3) is 4.48. The van der Waals surface area contributed by atoms with Crippen LogP contribution in [0.25, 0.3) is 0 Å². The van der Waals surface area contributed by atoms with Gasteiger partial charge in [-0.3, -0.25) is 10.1 Å². The summed E-state index contributed by atoms with van der Waals surface area (Å²) in [5.74, 6) is -0.197. The predicted molar refractivity (Wildman–Crippen MR) is 58.8 cm³/mol. The molecule has 0 aliphatic heterocycles. The quantitative estimate of drug-likeness (QED) is 0.656.